The summed E-state index contributed by atoms with van der Waals surface area (Å²) in [6.45, 7) is 2.18. The fourth-order valence-electron chi connectivity index (χ4n) is 1.92. The van der Waals surface area contributed by atoms with Gasteiger partial charge in [-0.15, -0.1) is 0 Å². The fraction of sp³-hybridized carbons (Fsp3) is 0.125. The highest BCUT2D eigenvalue weighted by molar-refractivity contribution is 7.95. The maximum atomic E-state index is 12.4. The molecule has 0 amide bonds. The van der Waals surface area contributed by atoms with Crippen LogP contribution in [0, 0.1) is 0 Å². The zero-order valence-electron chi connectivity index (χ0n) is 11.6. The molecule has 0 saturated carbocycles. The lowest BCUT2D eigenvalue weighted by Gasteiger charge is -2.20. The van der Waals surface area contributed by atoms with Crippen molar-refractivity contribution in [2.45, 2.75) is 6.92 Å². The normalized spacial score (nSPS) is 11.7. The lowest BCUT2D eigenvalue weighted by atomic mass is 10.2. The topological polar surface area (TPSA) is 37.4 Å². The first kappa shape index (κ1) is 15.6. The number of hydrogen-bond acceptors (Lipinski definition) is 2. The quantitative estimate of drug-likeness (QED) is 0.829. The number of rotatable bonds is 5. The molecule has 0 spiro atoms. The summed E-state index contributed by atoms with van der Waals surface area (Å²) in [7, 11) is -3.51. The van der Waals surface area contributed by atoms with Crippen LogP contribution in [0.5, 0.6) is 0 Å². The van der Waals surface area contributed by atoms with Crippen LogP contribution >= 0.6 is 11.6 Å². The van der Waals surface area contributed by atoms with Crippen molar-refractivity contribution in [1.29, 1.82) is 0 Å². The van der Waals surface area contributed by atoms with E-state index in [-0.39, 0.29) is 0 Å². The third kappa shape index (κ3) is 4.09. The minimum Gasteiger partial charge on any atom is -0.267 e. The van der Waals surface area contributed by atoms with Crippen LogP contribution in [0.3, 0.4) is 0 Å². The Morgan fingerprint density at radius 2 is 1.67 bits per heavy atom. The van der Waals surface area contributed by atoms with E-state index in [2.05, 4.69) is 0 Å². The molecule has 0 radical (unpaired) electrons. The van der Waals surface area contributed by atoms with Gasteiger partial charge in [0, 0.05) is 11.6 Å². The van der Waals surface area contributed by atoms with Gasteiger partial charge in [0.15, 0.2) is 0 Å². The summed E-state index contributed by atoms with van der Waals surface area (Å²) in [6, 6.07) is 16.0. The third-order valence-electron chi connectivity index (χ3n) is 2.94. The molecule has 5 heteroatoms. The van der Waals surface area contributed by atoms with Gasteiger partial charge in [0.1, 0.15) is 0 Å². The van der Waals surface area contributed by atoms with Crippen LogP contribution in [-0.4, -0.2) is 15.0 Å². The molecule has 0 atom stereocenters. The molecule has 0 aliphatic rings. The zero-order chi connectivity index (χ0) is 15.3. The smallest absolute Gasteiger partial charge is 0.257 e. The Morgan fingerprint density at radius 1 is 1.05 bits per heavy atom. The molecule has 0 saturated heterocycles. The van der Waals surface area contributed by atoms with Gasteiger partial charge in [-0.05, 0) is 42.8 Å². The highest BCUT2D eigenvalue weighted by Gasteiger charge is 2.17. The van der Waals surface area contributed by atoms with E-state index in [1.807, 2.05) is 18.2 Å². The van der Waals surface area contributed by atoms with Crippen molar-refractivity contribution < 1.29 is 8.42 Å². The van der Waals surface area contributed by atoms with Crippen LogP contribution in [0.1, 0.15) is 12.5 Å². The van der Waals surface area contributed by atoms with Crippen molar-refractivity contribution in [3.8, 4) is 0 Å². The molecule has 110 valence electrons. The highest BCUT2D eigenvalue weighted by Crippen LogP contribution is 2.19. The molecule has 0 aromatic heterocycles. The van der Waals surface area contributed by atoms with E-state index in [0.29, 0.717) is 17.3 Å². The molecule has 0 heterocycles. The van der Waals surface area contributed by atoms with Crippen LogP contribution in [0.25, 0.3) is 6.08 Å². The zero-order valence-corrected chi connectivity index (χ0v) is 13.2. The molecule has 0 unspecified atom stereocenters. The second-order valence-corrected chi connectivity index (χ2v) is 6.58. The van der Waals surface area contributed by atoms with E-state index >= 15 is 0 Å². The molecule has 2 aromatic carbocycles. The van der Waals surface area contributed by atoms with E-state index in [4.69, 9.17) is 11.6 Å². The highest BCUT2D eigenvalue weighted by atomic mass is 35.5. The Kier molecular flexibility index (Phi) is 5.04. The minimum absolute atomic E-state index is 0.372. The van der Waals surface area contributed by atoms with Crippen molar-refractivity contribution in [3.05, 3.63) is 70.6 Å². The summed E-state index contributed by atoms with van der Waals surface area (Å²) in [5, 5.41) is 1.83. The first-order valence-electron chi connectivity index (χ1n) is 6.54. The van der Waals surface area contributed by atoms with Crippen LogP contribution < -0.4 is 4.31 Å². The van der Waals surface area contributed by atoms with Gasteiger partial charge in [-0.3, -0.25) is 4.31 Å². The predicted octanol–water partition coefficient (Wildman–Crippen LogP) is 4.17. The maximum absolute atomic E-state index is 12.4. The van der Waals surface area contributed by atoms with Crippen molar-refractivity contribution >= 4 is 33.4 Å². The van der Waals surface area contributed by atoms with Gasteiger partial charge in [-0.1, -0.05) is 41.9 Å². The molecule has 2 aromatic rings. The number of nitrogens with zero attached hydrogens (tertiary/aromatic N) is 1. The predicted molar refractivity (Wildman–Crippen MR) is 88.9 cm³/mol. The Hall–Kier alpha value is -1.78. The van der Waals surface area contributed by atoms with Gasteiger partial charge in [0.05, 0.1) is 11.1 Å². The van der Waals surface area contributed by atoms with Gasteiger partial charge < -0.3 is 0 Å². The van der Waals surface area contributed by atoms with E-state index in [9.17, 15) is 8.42 Å². The largest absolute Gasteiger partial charge is 0.267 e. The van der Waals surface area contributed by atoms with Crippen LogP contribution in [0.4, 0.5) is 5.69 Å². The van der Waals surface area contributed by atoms with Gasteiger partial charge in [0.25, 0.3) is 10.0 Å². The summed E-state index contributed by atoms with van der Waals surface area (Å²) in [6.07, 6.45) is 1.57. The molecular weight excluding hydrogens is 306 g/mol. The minimum atomic E-state index is -3.51. The van der Waals surface area contributed by atoms with Gasteiger partial charge in [-0.25, -0.2) is 8.42 Å². The van der Waals surface area contributed by atoms with Crippen LogP contribution in [-0.2, 0) is 10.0 Å². The molecule has 0 aliphatic carbocycles. The first-order valence-corrected chi connectivity index (χ1v) is 8.42. The van der Waals surface area contributed by atoms with E-state index in [1.165, 1.54) is 9.71 Å². The SMILES string of the molecule is CCN(c1ccccc1)S(=O)(=O)/C=C/c1ccc(Cl)cc1. The first-order chi connectivity index (χ1) is 10.0. The van der Waals surface area contributed by atoms with E-state index < -0.39 is 10.0 Å². The molecular formula is C16H16ClNO2S. The van der Waals surface area contributed by atoms with Crippen molar-refractivity contribution in [2.24, 2.45) is 0 Å². The summed E-state index contributed by atoms with van der Waals surface area (Å²) in [5.41, 5.74) is 1.44. The lowest BCUT2D eigenvalue weighted by molar-refractivity contribution is 0.601. The van der Waals surface area contributed by atoms with Crippen LogP contribution in [0.15, 0.2) is 60.0 Å². The molecule has 0 bridgehead atoms. The maximum Gasteiger partial charge on any atom is 0.257 e. The van der Waals surface area contributed by atoms with Gasteiger partial charge >= 0.3 is 0 Å². The van der Waals surface area contributed by atoms with E-state index in [0.717, 1.165) is 5.56 Å². The second kappa shape index (κ2) is 6.78. The van der Waals surface area contributed by atoms with Crippen molar-refractivity contribution in [1.82, 2.24) is 0 Å². The average molecular weight is 322 g/mol. The molecule has 3 nitrogen and oxygen atoms in total. The number of para-hydroxylation sites is 1. The van der Waals surface area contributed by atoms with Gasteiger partial charge in [-0.2, -0.15) is 0 Å². The summed E-state index contributed by atoms with van der Waals surface area (Å²) < 4.78 is 26.2. The molecule has 0 N–H and O–H groups in total. The van der Waals surface area contributed by atoms with Gasteiger partial charge in [0.2, 0.25) is 0 Å². The Bertz CT molecular complexity index is 710. The number of sulfonamides is 1. The Morgan fingerprint density at radius 3 is 2.24 bits per heavy atom. The Balaban J connectivity index is 2.26. The molecule has 21 heavy (non-hydrogen) atoms. The number of anilines is 1. The van der Waals surface area contributed by atoms with Crippen LogP contribution in [0.2, 0.25) is 5.02 Å². The number of hydrogen-bond donors (Lipinski definition) is 0. The standard InChI is InChI=1S/C16H16ClNO2S/c1-2-18(16-6-4-3-5-7-16)21(19,20)13-12-14-8-10-15(17)11-9-14/h3-13H,2H2,1H3/b13-12+. The summed E-state index contributed by atoms with van der Waals surface area (Å²) in [4.78, 5) is 0. The Labute approximate surface area is 130 Å². The third-order valence-corrected chi connectivity index (χ3v) is 4.76. The van der Waals surface area contributed by atoms with Crippen molar-refractivity contribution in [2.75, 3.05) is 10.8 Å². The average Bonchev–Trinajstić information content (AvgIpc) is 2.48. The molecule has 0 fully saturated rings. The fourth-order valence-corrected chi connectivity index (χ4v) is 3.29. The molecule has 0 aliphatic heterocycles. The summed E-state index contributed by atoms with van der Waals surface area (Å²) >= 11 is 5.80. The molecule has 2 rings (SSSR count). The monoisotopic (exact) mass is 321 g/mol. The van der Waals surface area contributed by atoms with E-state index in [1.54, 1.807) is 49.4 Å². The number of halogens is 1. The second-order valence-electron chi connectivity index (χ2n) is 4.40. The van der Waals surface area contributed by atoms with Crippen molar-refractivity contribution in [3.63, 3.8) is 0 Å². The number of benzene rings is 2. The summed E-state index contributed by atoms with van der Waals surface area (Å²) in [5.74, 6) is 0. The lowest BCUT2D eigenvalue weighted by Crippen LogP contribution is -2.28.